The molecule has 0 fully saturated rings. The Labute approximate surface area is 106 Å². The molecular formula is C15H14N2O. The van der Waals surface area contributed by atoms with E-state index >= 15 is 0 Å². The molecule has 2 rings (SSSR count). The standard InChI is InChI=1S/C15H14N2O/c1-12-6-2-3-7-13(12)10-16-17-11-14-8-4-5-9-15(14)18/h2-11,18H,1H3. The lowest BCUT2D eigenvalue weighted by Gasteiger charge is -1.96. The van der Waals surface area contributed by atoms with E-state index in [1.807, 2.05) is 37.3 Å². The average Bonchev–Trinajstić information content (AvgIpc) is 2.38. The van der Waals surface area contributed by atoms with Gasteiger partial charge in [-0.25, -0.2) is 0 Å². The third kappa shape index (κ3) is 3.04. The molecule has 0 amide bonds. The Morgan fingerprint density at radius 3 is 2.06 bits per heavy atom. The molecule has 0 saturated carbocycles. The van der Waals surface area contributed by atoms with E-state index in [2.05, 4.69) is 10.2 Å². The molecule has 90 valence electrons. The fraction of sp³-hybridized carbons (Fsp3) is 0.0667. The van der Waals surface area contributed by atoms with E-state index in [0.29, 0.717) is 5.56 Å². The van der Waals surface area contributed by atoms with Crippen molar-refractivity contribution in [1.82, 2.24) is 0 Å². The molecule has 0 atom stereocenters. The zero-order chi connectivity index (χ0) is 12.8. The minimum atomic E-state index is 0.201. The molecule has 0 aliphatic carbocycles. The predicted molar refractivity (Wildman–Crippen MR) is 74.5 cm³/mol. The van der Waals surface area contributed by atoms with E-state index in [-0.39, 0.29) is 5.75 Å². The van der Waals surface area contributed by atoms with E-state index in [4.69, 9.17) is 0 Å². The molecule has 0 heterocycles. The summed E-state index contributed by atoms with van der Waals surface area (Å²) in [6, 6.07) is 14.9. The Balaban J connectivity index is 2.08. The lowest BCUT2D eigenvalue weighted by Crippen LogP contribution is -1.85. The van der Waals surface area contributed by atoms with Crippen LogP contribution in [0.25, 0.3) is 0 Å². The topological polar surface area (TPSA) is 45.0 Å². The second-order valence-corrected chi connectivity index (χ2v) is 3.90. The zero-order valence-electron chi connectivity index (χ0n) is 10.1. The molecule has 0 saturated heterocycles. The number of aromatic hydroxyl groups is 1. The van der Waals surface area contributed by atoms with Crippen LogP contribution in [0.4, 0.5) is 0 Å². The van der Waals surface area contributed by atoms with Gasteiger partial charge in [-0.05, 0) is 30.2 Å². The van der Waals surface area contributed by atoms with Crippen molar-refractivity contribution in [3.63, 3.8) is 0 Å². The van der Waals surface area contributed by atoms with Crippen molar-refractivity contribution < 1.29 is 5.11 Å². The van der Waals surface area contributed by atoms with Gasteiger partial charge < -0.3 is 5.11 Å². The highest BCUT2D eigenvalue weighted by Gasteiger charge is 1.94. The van der Waals surface area contributed by atoms with Gasteiger partial charge in [0.25, 0.3) is 0 Å². The number of phenols is 1. The Morgan fingerprint density at radius 2 is 1.39 bits per heavy atom. The van der Waals surface area contributed by atoms with Crippen LogP contribution in [0.2, 0.25) is 0 Å². The van der Waals surface area contributed by atoms with Gasteiger partial charge in [-0.3, -0.25) is 0 Å². The van der Waals surface area contributed by atoms with E-state index in [9.17, 15) is 5.11 Å². The van der Waals surface area contributed by atoms with E-state index in [1.165, 1.54) is 6.21 Å². The Hall–Kier alpha value is -2.42. The lowest BCUT2D eigenvalue weighted by atomic mass is 10.1. The van der Waals surface area contributed by atoms with Gasteiger partial charge in [0.1, 0.15) is 5.75 Å². The van der Waals surface area contributed by atoms with Crippen molar-refractivity contribution in [2.24, 2.45) is 10.2 Å². The van der Waals surface area contributed by atoms with Crippen molar-refractivity contribution in [3.8, 4) is 5.75 Å². The van der Waals surface area contributed by atoms with E-state index < -0.39 is 0 Å². The highest BCUT2D eigenvalue weighted by molar-refractivity contribution is 5.85. The summed E-state index contributed by atoms with van der Waals surface area (Å²) in [7, 11) is 0. The van der Waals surface area contributed by atoms with Crippen molar-refractivity contribution >= 4 is 12.4 Å². The molecule has 2 aromatic rings. The second kappa shape index (κ2) is 5.77. The summed E-state index contributed by atoms with van der Waals surface area (Å²) in [4.78, 5) is 0. The molecule has 0 aliphatic heterocycles. The minimum absolute atomic E-state index is 0.201. The van der Waals surface area contributed by atoms with Crippen molar-refractivity contribution in [2.45, 2.75) is 6.92 Å². The fourth-order valence-corrected chi connectivity index (χ4v) is 1.52. The van der Waals surface area contributed by atoms with Crippen LogP contribution in [0, 0.1) is 6.92 Å². The summed E-state index contributed by atoms with van der Waals surface area (Å²) < 4.78 is 0. The molecule has 18 heavy (non-hydrogen) atoms. The highest BCUT2D eigenvalue weighted by Crippen LogP contribution is 2.12. The third-order valence-corrected chi connectivity index (χ3v) is 2.59. The zero-order valence-corrected chi connectivity index (χ0v) is 10.1. The summed E-state index contributed by atoms with van der Waals surface area (Å²) in [6.45, 7) is 2.02. The molecule has 1 N–H and O–H groups in total. The molecule has 0 bridgehead atoms. The van der Waals surface area contributed by atoms with Gasteiger partial charge in [0, 0.05) is 5.56 Å². The molecule has 0 radical (unpaired) electrons. The van der Waals surface area contributed by atoms with Gasteiger partial charge in [-0.15, -0.1) is 0 Å². The molecular weight excluding hydrogens is 224 g/mol. The first kappa shape index (κ1) is 12.0. The number of para-hydroxylation sites is 1. The van der Waals surface area contributed by atoms with E-state index in [1.54, 1.807) is 24.4 Å². The van der Waals surface area contributed by atoms with Crippen LogP contribution in [0.15, 0.2) is 58.7 Å². The number of benzene rings is 2. The van der Waals surface area contributed by atoms with Gasteiger partial charge in [0.2, 0.25) is 0 Å². The summed E-state index contributed by atoms with van der Waals surface area (Å²) in [5, 5.41) is 17.4. The molecule has 0 aromatic heterocycles. The average molecular weight is 238 g/mol. The number of rotatable bonds is 3. The second-order valence-electron chi connectivity index (χ2n) is 3.90. The molecule has 0 aliphatic rings. The van der Waals surface area contributed by atoms with E-state index in [0.717, 1.165) is 11.1 Å². The molecule has 2 aromatic carbocycles. The number of hydrogen-bond acceptors (Lipinski definition) is 3. The first-order valence-electron chi connectivity index (χ1n) is 5.67. The van der Waals surface area contributed by atoms with Crippen LogP contribution in [0.5, 0.6) is 5.75 Å². The minimum Gasteiger partial charge on any atom is -0.507 e. The first-order valence-corrected chi connectivity index (χ1v) is 5.67. The fourth-order valence-electron chi connectivity index (χ4n) is 1.52. The van der Waals surface area contributed by atoms with Crippen LogP contribution in [-0.4, -0.2) is 17.5 Å². The number of hydrogen-bond donors (Lipinski definition) is 1. The summed E-state index contributed by atoms with van der Waals surface area (Å²) >= 11 is 0. The molecule has 0 unspecified atom stereocenters. The summed E-state index contributed by atoms with van der Waals surface area (Å²) in [6.07, 6.45) is 3.23. The highest BCUT2D eigenvalue weighted by atomic mass is 16.3. The van der Waals surface area contributed by atoms with Crippen molar-refractivity contribution in [2.75, 3.05) is 0 Å². The first-order chi connectivity index (χ1) is 8.77. The van der Waals surface area contributed by atoms with Gasteiger partial charge in [0.05, 0.1) is 12.4 Å². The number of phenolic OH excluding ortho intramolecular Hbond substituents is 1. The lowest BCUT2D eigenvalue weighted by molar-refractivity contribution is 0.474. The van der Waals surface area contributed by atoms with Crippen LogP contribution in [0.3, 0.4) is 0 Å². The maximum atomic E-state index is 9.53. The normalized spacial score (nSPS) is 11.4. The van der Waals surface area contributed by atoms with Crippen LogP contribution in [0.1, 0.15) is 16.7 Å². The molecule has 3 nitrogen and oxygen atoms in total. The SMILES string of the molecule is Cc1ccccc1C=NN=Cc1ccccc1O. The van der Waals surface area contributed by atoms with Gasteiger partial charge in [-0.2, -0.15) is 10.2 Å². The largest absolute Gasteiger partial charge is 0.507 e. The third-order valence-electron chi connectivity index (χ3n) is 2.59. The summed E-state index contributed by atoms with van der Waals surface area (Å²) in [5.74, 6) is 0.201. The van der Waals surface area contributed by atoms with Crippen LogP contribution in [-0.2, 0) is 0 Å². The quantitative estimate of drug-likeness (QED) is 0.648. The van der Waals surface area contributed by atoms with Crippen LogP contribution < -0.4 is 0 Å². The summed E-state index contributed by atoms with van der Waals surface area (Å²) in [5.41, 5.74) is 2.84. The molecule has 0 spiro atoms. The predicted octanol–water partition coefficient (Wildman–Crippen LogP) is 3.15. The molecule has 3 heteroatoms. The maximum absolute atomic E-state index is 9.53. The van der Waals surface area contributed by atoms with Crippen molar-refractivity contribution in [3.05, 3.63) is 65.2 Å². The Kier molecular flexibility index (Phi) is 3.86. The Bertz CT molecular complexity index is 535. The van der Waals surface area contributed by atoms with Gasteiger partial charge in [-0.1, -0.05) is 36.4 Å². The van der Waals surface area contributed by atoms with Gasteiger partial charge in [0.15, 0.2) is 0 Å². The monoisotopic (exact) mass is 238 g/mol. The smallest absolute Gasteiger partial charge is 0.124 e. The number of nitrogens with zero attached hydrogens (tertiary/aromatic N) is 2. The van der Waals surface area contributed by atoms with Crippen LogP contribution >= 0.6 is 0 Å². The Morgan fingerprint density at radius 1 is 0.833 bits per heavy atom. The maximum Gasteiger partial charge on any atom is 0.124 e. The number of aryl methyl sites for hydroxylation is 1. The van der Waals surface area contributed by atoms with Crippen molar-refractivity contribution in [1.29, 1.82) is 0 Å². The van der Waals surface area contributed by atoms with Gasteiger partial charge >= 0.3 is 0 Å².